The van der Waals surface area contributed by atoms with Gasteiger partial charge in [-0.25, -0.2) is 0 Å². The van der Waals surface area contributed by atoms with Gasteiger partial charge in [-0.3, -0.25) is 14.5 Å². The number of anilines is 1. The standard InChI is InChI=1S/C16H23N3O3/c1-13-4-3-5-14(10-13)18-6-8-19(9-7-18)15(20)11-17(2)12-16(21)22/h3-5,10H,6-9,11-12H2,1-2H3,(H,21,22). The average Bonchev–Trinajstić information content (AvgIpc) is 2.46. The summed E-state index contributed by atoms with van der Waals surface area (Å²) in [4.78, 5) is 28.4. The van der Waals surface area contributed by atoms with Crippen LogP contribution >= 0.6 is 0 Å². The van der Waals surface area contributed by atoms with Crippen LogP contribution in [0.5, 0.6) is 0 Å². The van der Waals surface area contributed by atoms with Crippen LogP contribution in [0.4, 0.5) is 5.69 Å². The maximum atomic E-state index is 12.2. The number of carbonyl (C=O) groups excluding carboxylic acids is 1. The highest BCUT2D eigenvalue weighted by Crippen LogP contribution is 2.17. The Morgan fingerprint density at radius 2 is 1.86 bits per heavy atom. The van der Waals surface area contributed by atoms with Gasteiger partial charge in [0.25, 0.3) is 0 Å². The fraction of sp³-hybridized carbons (Fsp3) is 0.500. The van der Waals surface area contributed by atoms with E-state index >= 15 is 0 Å². The first-order chi connectivity index (χ1) is 10.5. The number of rotatable bonds is 5. The third-order valence-electron chi connectivity index (χ3n) is 3.81. The minimum absolute atomic E-state index is 0.00681. The van der Waals surface area contributed by atoms with Crippen molar-refractivity contribution < 1.29 is 14.7 Å². The number of benzene rings is 1. The maximum Gasteiger partial charge on any atom is 0.317 e. The molecule has 1 N–H and O–H groups in total. The summed E-state index contributed by atoms with van der Waals surface area (Å²) in [6, 6.07) is 8.36. The first-order valence-corrected chi connectivity index (χ1v) is 7.45. The van der Waals surface area contributed by atoms with Crippen molar-refractivity contribution >= 4 is 17.6 Å². The van der Waals surface area contributed by atoms with E-state index in [1.165, 1.54) is 16.2 Å². The van der Waals surface area contributed by atoms with E-state index in [0.717, 1.165) is 13.1 Å². The smallest absolute Gasteiger partial charge is 0.317 e. The molecule has 1 amide bonds. The summed E-state index contributed by atoms with van der Waals surface area (Å²) in [6.45, 7) is 5.06. The van der Waals surface area contributed by atoms with Crippen LogP contribution in [-0.4, -0.2) is 73.1 Å². The molecule has 1 aliphatic heterocycles. The highest BCUT2D eigenvalue weighted by Gasteiger charge is 2.22. The zero-order valence-electron chi connectivity index (χ0n) is 13.2. The molecule has 0 unspecified atom stereocenters. The first-order valence-electron chi connectivity index (χ1n) is 7.45. The van der Waals surface area contributed by atoms with E-state index in [-0.39, 0.29) is 19.0 Å². The highest BCUT2D eigenvalue weighted by atomic mass is 16.4. The second-order valence-electron chi connectivity index (χ2n) is 5.77. The van der Waals surface area contributed by atoms with Gasteiger partial charge in [-0.2, -0.15) is 0 Å². The van der Waals surface area contributed by atoms with Crippen LogP contribution in [-0.2, 0) is 9.59 Å². The summed E-state index contributed by atoms with van der Waals surface area (Å²) in [6.07, 6.45) is 0. The predicted octanol–water partition coefficient (Wildman–Crippen LogP) is 0.660. The van der Waals surface area contributed by atoms with Gasteiger partial charge in [-0.1, -0.05) is 12.1 Å². The number of hydrogen-bond acceptors (Lipinski definition) is 4. The van der Waals surface area contributed by atoms with Gasteiger partial charge in [0.1, 0.15) is 0 Å². The lowest BCUT2D eigenvalue weighted by molar-refractivity contribution is -0.139. The predicted molar refractivity (Wildman–Crippen MR) is 85.1 cm³/mol. The molecular formula is C16H23N3O3. The van der Waals surface area contributed by atoms with Gasteiger partial charge in [0.05, 0.1) is 13.1 Å². The Kier molecular flexibility index (Phi) is 5.38. The zero-order chi connectivity index (χ0) is 16.1. The van der Waals surface area contributed by atoms with E-state index in [1.54, 1.807) is 7.05 Å². The van der Waals surface area contributed by atoms with Crippen molar-refractivity contribution in [2.75, 3.05) is 51.2 Å². The van der Waals surface area contributed by atoms with Crippen molar-refractivity contribution in [3.63, 3.8) is 0 Å². The molecule has 0 spiro atoms. The Morgan fingerprint density at radius 3 is 2.45 bits per heavy atom. The topological polar surface area (TPSA) is 64.1 Å². The molecule has 6 nitrogen and oxygen atoms in total. The van der Waals surface area contributed by atoms with Crippen LogP contribution in [0.25, 0.3) is 0 Å². The van der Waals surface area contributed by atoms with Crippen LogP contribution in [0, 0.1) is 6.92 Å². The summed E-state index contributed by atoms with van der Waals surface area (Å²) >= 11 is 0. The Labute approximate surface area is 130 Å². The molecule has 1 aromatic carbocycles. The van der Waals surface area contributed by atoms with Gasteiger partial charge >= 0.3 is 5.97 Å². The van der Waals surface area contributed by atoms with Crippen molar-refractivity contribution in [3.05, 3.63) is 29.8 Å². The molecule has 1 aliphatic rings. The Bertz CT molecular complexity index is 539. The van der Waals surface area contributed by atoms with Gasteiger partial charge in [0.15, 0.2) is 0 Å². The fourth-order valence-electron chi connectivity index (χ4n) is 2.66. The van der Waals surface area contributed by atoms with E-state index in [4.69, 9.17) is 5.11 Å². The molecule has 0 radical (unpaired) electrons. The molecule has 22 heavy (non-hydrogen) atoms. The number of aliphatic carboxylic acids is 1. The third-order valence-corrected chi connectivity index (χ3v) is 3.81. The number of carboxylic acids is 1. The summed E-state index contributed by atoms with van der Waals surface area (Å²) in [5.74, 6) is -0.924. The van der Waals surface area contributed by atoms with E-state index < -0.39 is 5.97 Å². The van der Waals surface area contributed by atoms with Crippen LogP contribution in [0.15, 0.2) is 24.3 Å². The highest BCUT2D eigenvalue weighted by molar-refractivity contribution is 5.79. The molecule has 0 aromatic heterocycles. The van der Waals surface area contributed by atoms with E-state index in [0.29, 0.717) is 13.1 Å². The number of nitrogens with zero attached hydrogens (tertiary/aromatic N) is 3. The number of carbonyl (C=O) groups is 2. The lowest BCUT2D eigenvalue weighted by Gasteiger charge is -2.36. The summed E-state index contributed by atoms with van der Waals surface area (Å²) < 4.78 is 0. The molecule has 1 aromatic rings. The van der Waals surface area contributed by atoms with E-state index in [1.807, 2.05) is 11.0 Å². The zero-order valence-corrected chi connectivity index (χ0v) is 13.2. The summed E-state index contributed by atoms with van der Waals surface area (Å²) in [5.41, 5.74) is 2.42. The van der Waals surface area contributed by atoms with Crippen molar-refractivity contribution in [1.82, 2.24) is 9.80 Å². The van der Waals surface area contributed by atoms with E-state index in [9.17, 15) is 9.59 Å². The summed E-state index contributed by atoms with van der Waals surface area (Å²) in [5, 5.41) is 8.72. The lowest BCUT2D eigenvalue weighted by Crippen LogP contribution is -2.51. The second-order valence-corrected chi connectivity index (χ2v) is 5.77. The number of likely N-dealkylation sites (N-methyl/N-ethyl adjacent to an activating group) is 1. The molecule has 120 valence electrons. The molecule has 1 saturated heterocycles. The Morgan fingerprint density at radius 1 is 1.18 bits per heavy atom. The van der Waals surface area contributed by atoms with Gasteiger partial charge in [-0.15, -0.1) is 0 Å². The van der Waals surface area contributed by atoms with Crippen LogP contribution in [0.3, 0.4) is 0 Å². The summed E-state index contributed by atoms with van der Waals surface area (Å²) in [7, 11) is 1.65. The minimum Gasteiger partial charge on any atom is -0.480 e. The quantitative estimate of drug-likeness (QED) is 0.866. The molecule has 0 saturated carbocycles. The molecule has 0 bridgehead atoms. The lowest BCUT2D eigenvalue weighted by atomic mass is 10.2. The average molecular weight is 305 g/mol. The van der Waals surface area contributed by atoms with Crippen molar-refractivity contribution in [2.45, 2.75) is 6.92 Å². The SMILES string of the molecule is Cc1cccc(N2CCN(C(=O)CN(C)CC(=O)O)CC2)c1. The molecule has 1 fully saturated rings. The molecule has 0 atom stereocenters. The normalized spacial score (nSPS) is 15.2. The van der Waals surface area contributed by atoms with Crippen molar-refractivity contribution in [3.8, 4) is 0 Å². The van der Waals surface area contributed by atoms with Gasteiger partial charge < -0.3 is 14.9 Å². The van der Waals surface area contributed by atoms with Gasteiger partial charge in [-0.05, 0) is 31.7 Å². The second kappa shape index (κ2) is 7.26. The fourth-order valence-corrected chi connectivity index (χ4v) is 2.66. The van der Waals surface area contributed by atoms with Crippen molar-refractivity contribution in [2.24, 2.45) is 0 Å². The third kappa shape index (κ3) is 4.46. The Hall–Kier alpha value is -2.08. The monoisotopic (exact) mass is 305 g/mol. The Balaban J connectivity index is 1.84. The van der Waals surface area contributed by atoms with Crippen LogP contribution < -0.4 is 4.90 Å². The number of hydrogen-bond donors (Lipinski definition) is 1. The molecule has 2 rings (SSSR count). The van der Waals surface area contributed by atoms with E-state index in [2.05, 4.69) is 30.0 Å². The van der Waals surface area contributed by atoms with Gasteiger partial charge in [0, 0.05) is 31.9 Å². The van der Waals surface area contributed by atoms with Crippen LogP contribution in [0.1, 0.15) is 5.56 Å². The van der Waals surface area contributed by atoms with Gasteiger partial charge in [0.2, 0.25) is 5.91 Å². The largest absolute Gasteiger partial charge is 0.480 e. The molecule has 1 heterocycles. The molecule has 6 heteroatoms. The number of carboxylic acid groups (broad SMARTS) is 1. The number of aryl methyl sites for hydroxylation is 1. The van der Waals surface area contributed by atoms with Crippen LogP contribution in [0.2, 0.25) is 0 Å². The first kappa shape index (κ1) is 16.3. The molecule has 0 aliphatic carbocycles. The van der Waals surface area contributed by atoms with Crippen molar-refractivity contribution in [1.29, 1.82) is 0 Å². The minimum atomic E-state index is -0.917. The number of amides is 1. The number of piperazine rings is 1. The molecular weight excluding hydrogens is 282 g/mol. The maximum absolute atomic E-state index is 12.2.